The molecule has 2 rings (SSSR count). The Labute approximate surface area is 131 Å². The minimum atomic E-state index is -0.0629. The highest BCUT2D eigenvalue weighted by Gasteiger charge is 2.14. The Hall–Kier alpha value is -1.33. The largest absolute Gasteiger partial charge is 0.496 e. The van der Waals surface area contributed by atoms with Gasteiger partial charge in [-0.05, 0) is 59.6 Å². The van der Waals surface area contributed by atoms with Crippen LogP contribution in [0.3, 0.4) is 0 Å². The number of thiophene rings is 1. The Balaban J connectivity index is 2.10. The van der Waals surface area contributed by atoms with E-state index in [1.54, 1.807) is 7.11 Å². The van der Waals surface area contributed by atoms with Crippen LogP contribution in [0.4, 0.5) is 0 Å². The van der Waals surface area contributed by atoms with Gasteiger partial charge in [-0.25, -0.2) is 0 Å². The molecule has 1 atom stereocenters. The summed E-state index contributed by atoms with van der Waals surface area (Å²) in [5.74, 6) is 0.740. The van der Waals surface area contributed by atoms with E-state index < -0.39 is 0 Å². The lowest BCUT2D eigenvalue weighted by atomic mass is 10.1. The number of amides is 1. The molecule has 1 unspecified atom stereocenters. The van der Waals surface area contributed by atoms with Crippen LogP contribution in [0.2, 0.25) is 0 Å². The number of ether oxygens (including phenoxy) is 1. The fraction of sp³-hybridized carbons (Fsp3) is 0.267. The fourth-order valence-electron chi connectivity index (χ4n) is 1.86. The van der Waals surface area contributed by atoms with E-state index in [2.05, 4.69) is 21.2 Å². The van der Waals surface area contributed by atoms with E-state index >= 15 is 0 Å². The van der Waals surface area contributed by atoms with Crippen LogP contribution >= 0.6 is 27.3 Å². The molecule has 0 aliphatic carbocycles. The van der Waals surface area contributed by atoms with Crippen molar-refractivity contribution in [3.8, 4) is 5.75 Å². The van der Waals surface area contributed by atoms with E-state index in [1.165, 1.54) is 11.3 Å². The smallest absolute Gasteiger partial charge is 0.261 e. The van der Waals surface area contributed by atoms with Gasteiger partial charge in [-0.3, -0.25) is 4.79 Å². The zero-order valence-electron chi connectivity index (χ0n) is 11.6. The molecule has 0 saturated heterocycles. The zero-order valence-corrected chi connectivity index (χ0v) is 14.0. The van der Waals surface area contributed by atoms with Crippen LogP contribution in [0.25, 0.3) is 0 Å². The lowest BCUT2D eigenvalue weighted by Crippen LogP contribution is -2.25. The van der Waals surface area contributed by atoms with Crippen LogP contribution in [-0.4, -0.2) is 13.0 Å². The van der Waals surface area contributed by atoms with Crippen molar-refractivity contribution in [2.75, 3.05) is 7.11 Å². The van der Waals surface area contributed by atoms with Gasteiger partial charge in [-0.2, -0.15) is 0 Å². The summed E-state index contributed by atoms with van der Waals surface area (Å²) in [6.45, 7) is 3.96. The Kier molecular flexibility index (Phi) is 4.83. The summed E-state index contributed by atoms with van der Waals surface area (Å²) in [5, 5.41) is 3.00. The summed E-state index contributed by atoms with van der Waals surface area (Å²) >= 11 is 4.96. The lowest BCUT2D eigenvalue weighted by molar-refractivity contribution is 0.0944. The van der Waals surface area contributed by atoms with Gasteiger partial charge in [0.25, 0.3) is 5.91 Å². The van der Waals surface area contributed by atoms with E-state index in [9.17, 15) is 4.79 Å². The number of carbonyl (C=O) groups is 1. The second kappa shape index (κ2) is 6.41. The maximum atomic E-state index is 12.1. The third-order valence-corrected chi connectivity index (χ3v) is 4.61. The first kappa shape index (κ1) is 15.1. The highest BCUT2D eigenvalue weighted by molar-refractivity contribution is 9.10. The predicted molar refractivity (Wildman–Crippen MR) is 85.6 cm³/mol. The van der Waals surface area contributed by atoms with Gasteiger partial charge in [0.15, 0.2) is 0 Å². The number of carbonyl (C=O) groups excluding carboxylic acids is 1. The van der Waals surface area contributed by atoms with Crippen LogP contribution in [0.5, 0.6) is 5.75 Å². The molecule has 1 aromatic carbocycles. The summed E-state index contributed by atoms with van der Waals surface area (Å²) in [6, 6.07) is 9.54. The van der Waals surface area contributed by atoms with Crippen molar-refractivity contribution in [1.82, 2.24) is 5.32 Å². The molecule has 1 N–H and O–H groups in total. The summed E-state index contributed by atoms with van der Waals surface area (Å²) in [7, 11) is 1.63. The highest BCUT2D eigenvalue weighted by Crippen LogP contribution is 2.28. The Morgan fingerprint density at radius 1 is 1.35 bits per heavy atom. The molecular weight excluding hydrogens is 338 g/mol. The Morgan fingerprint density at radius 3 is 2.65 bits per heavy atom. The van der Waals surface area contributed by atoms with Gasteiger partial charge in [0, 0.05) is 4.88 Å². The number of hydrogen-bond donors (Lipinski definition) is 1. The molecule has 0 aliphatic rings. The standard InChI is InChI=1S/C15H16BrNO2S/c1-9-4-7-14(20-9)15(18)17-10(2)11-5-6-13(19-3)12(16)8-11/h4-8,10H,1-3H3,(H,17,18). The zero-order chi connectivity index (χ0) is 14.7. The van der Waals surface area contributed by atoms with Crippen LogP contribution in [0, 0.1) is 6.92 Å². The van der Waals surface area contributed by atoms with E-state index in [1.807, 2.05) is 44.2 Å². The maximum Gasteiger partial charge on any atom is 0.261 e. The number of rotatable bonds is 4. The molecule has 0 bridgehead atoms. The third-order valence-electron chi connectivity index (χ3n) is 2.99. The Morgan fingerprint density at radius 2 is 2.10 bits per heavy atom. The van der Waals surface area contributed by atoms with Crippen molar-refractivity contribution in [2.45, 2.75) is 19.9 Å². The van der Waals surface area contributed by atoms with E-state index in [0.29, 0.717) is 0 Å². The molecule has 3 nitrogen and oxygen atoms in total. The number of nitrogens with one attached hydrogen (secondary N) is 1. The van der Waals surface area contributed by atoms with E-state index in [0.717, 1.165) is 25.5 Å². The average molecular weight is 354 g/mol. The van der Waals surface area contributed by atoms with Gasteiger partial charge < -0.3 is 10.1 Å². The van der Waals surface area contributed by atoms with Crippen LogP contribution in [0.15, 0.2) is 34.8 Å². The topological polar surface area (TPSA) is 38.3 Å². The first-order chi connectivity index (χ1) is 9.51. The molecule has 0 aliphatic heterocycles. The third kappa shape index (κ3) is 3.41. The number of methoxy groups -OCH3 is 1. The molecule has 20 heavy (non-hydrogen) atoms. The molecule has 1 heterocycles. The first-order valence-corrected chi connectivity index (χ1v) is 7.83. The van der Waals surface area contributed by atoms with Gasteiger partial charge in [0.1, 0.15) is 5.75 Å². The highest BCUT2D eigenvalue weighted by atomic mass is 79.9. The minimum absolute atomic E-state index is 0.0393. The minimum Gasteiger partial charge on any atom is -0.496 e. The SMILES string of the molecule is COc1ccc(C(C)NC(=O)c2ccc(C)s2)cc1Br. The molecule has 0 fully saturated rings. The summed E-state index contributed by atoms with van der Waals surface area (Å²) in [4.78, 5) is 14.0. The summed E-state index contributed by atoms with van der Waals surface area (Å²) in [6.07, 6.45) is 0. The van der Waals surface area contributed by atoms with Gasteiger partial charge in [0.2, 0.25) is 0 Å². The van der Waals surface area contributed by atoms with E-state index in [-0.39, 0.29) is 11.9 Å². The molecule has 5 heteroatoms. The first-order valence-electron chi connectivity index (χ1n) is 6.22. The second-order valence-corrected chi connectivity index (χ2v) is 6.64. The van der Waals surface area contributed by atoms with Crippen molar-refractivity contribution in [3.63, 3.8) is 0 Å². The van der Waals surface area contributed by atoms with Gasteiger partial charge in [-0.1, -0.05) is 6.07 Å². The predicted octanol–water partition coefficient (Wildman–Crippen LogP) is 4.32. The van der Waals surface area contributed by atoms with Crippen molar-refractivity contribution < 1.29 is 9.53 Å². The van der Waals surface area contributed by atoms with Crippen molar-refractivity contribution in [2.24, 2.45) is 0 Å². The van der Waals surface area contributed by atoms with E-state index in [4.69, 9.17) is 4.74 Å². The monoisotopic (exact) mass is 353 g/mol. The molecule has 1 amide bonds. The molecular formula is C15H16BrNO2S. The van der Waals surface area contributed by atoms with Crippen molar-refractivity contribution in [3.05, 3.63) is 50.1 Å². The maximum absolute atomic E-state index is 12.1. The van der Waals surface area contributed by atoms with Crippen LogP contribution in [-0.2, 0) is 0 Å². The average Bonchev–Trinajstić information content (AvgIpc) is 2.85. The molecule has 1 aromatic heterocycles. The van der Waals surface area contributed by atoms with Crippen molar-refractivity contribution in [1.29, 1.82) is 0 Å². The summed E-state index contributed by atoms with van der Waals surface area (Å²) in [5.41, 5.74) is 1.03. The molecule has 106 valence electrons. The van der Waals surface area contributed by atoms with Crippen molar-refractivity contribution >= 4 is 33.2 Å². The quantitative estimate of drug-likeness (QED) is 0.888. The van der Waals surface area contributed by atoms with Gasteiger partial charge in [-0.15, -0.1) is 11.3 Å². The number of benzene rings is 1. The van der Waals surface area contributed by atoms with Gasteiger partial charge >= 0.3 is 0 Å². The fourth-order valence-corrected chi connectivity index (χ4v) is 3.19. The number of hydrogen-bond acceptors (Lipinski definition) is 3. The number of halogens is 1. The Bertz CT molecular complexity index is 624. The van der Waals surface area contributed by atoms with Gasteiger partial charge in [0.05, 0.1) is 22.5 Å². The summed E-state index contributed by atoms with van der Waals surface area (Å²) < 4.78 is 6.08. The van der Waals surface area contributed by atoms with Crippen LogP contribution < -0.4 is 10.1 Å². The second-order valence-electron chi connectivity index (χ2n) is 4.50. The molecule has 0 radical (unpaired) electrons. The van der Waals surface area contributed by atoms with Crippen LogP contribution in [0.1, 0.15) is 33.1 Å². The number of aryl methyl sites for hydroxylation is 1. The molecule has 0 spiro atoms. The molecule has 2 aromatic rings. The lowest BCUT2D eigenvalue weighted by Gasteiger charge is -2.15. The normalized spacial score (nSPS) is 12.0. The molecule has 0 saturated carbocycles.